The van der Waals surface area contributed by atoms with Crippen molar-refractivity contribution in [2.75, 3.05) is 20.8 Å². The van der Waals surface area contributed by atoms with E-state index in [0.717, 1.165) is 12.0 Å². The van der Waals surface area contributed by atoms with E-state index in [1.54, 1.807) is 26.4 Å². The van der Waals surface area contributed by atoms with Gasteiger partial charge in [-0.15, -0.1) is 0 Å². The molecule has 0 radical (unpaired) electrons. The summed E-state index contributed by atoms with van der Waals surface area (Å²) >= 11 is 0. The van der Waals surface area contributed by atoms with Gasteiger partial charge < -0.3 is 19.5 Å². The number of carbonyl (C=O) groups excluding carboxylic acids is 1. The molecule has 1 fully saturated rings. The van der Waals surface area contributed by atoms with Crippen LogP contribution in [0.5, 0.6) is 11.5 Å². The normalized spacial score (nSPS) is 18.5. The van der Waals surface area contributed by atoms with Crippen LogP contribution in [0.1, 0.15) is 18.4 Å². The zero-order valence-corrected chi connectivity index (χ0v) is 11.3. The molecule has 1 unspecified atom stereocenters. The number of aliphatic hydroxyl groups excluding tert-OH is 1. The van der Waals surface area contributed by atoms with E-state index in [1.165, 1.54) is 4.90 Å². The molecule has 0 aromatic heterocycles. The molecule has 19 heavy (non-hydrogen) atoms. The molecule has 1 amide bonds. The maximum absolute atomic E-state index is 12.1. The zero-order valence-electron chi connectivity index (χ0n) is 11.3. The van der Waals surface area contributed by atoms with Gasteiger partial charge in [-0.25, -0.2) is 0 Å². The fraction of sp³-hybridized carbons (Fsp3) is 0.500. The van der Waals surface area contributed by atoms with E-state index in [-0.39, 0.29) is 12.3 Å². The Bertz CT molecular complexity index is 461. The van der Waals surface area contributed by atoms with Crippen molar-refractivity contribution in [3.05, 3.63) is 23.8 Å². The molecule has 0 aliphatic carbocycles. The van der Waals surface area contributed by atoms with E-state index in [4.69, 9.17) is 9.47 Å². The van der Waals surface area contributed by atoms with E-state index < -0.39 is 6.23 Å². The van der Waals surface area contributed by atoms with Crippen LogP contribution in [-0.4, -0.2) is 42.9 Å². The van der Waals surface area contributed by atoms with E-state index >= 15 is 0 Å². The number of methoxy groups -OCH3 is 2. The molecule has 1 saturated heterocycles. The predicted octanol–water partition coefficient (Wildman–Crippen LogP) is 1.19. The first kappa shape index (κ1) is 13.7. The second kappa shape index (κ2) is 5.93. The van der Waals surface area contributed by atoms with Crippen molar-refractivity contribution in [3.8, 4) is 11.5 Å². The first-order valence-electron chi connectivity index (χ1n) is 6.34. The first-order chi connectivity index (χ1) is 9.15. The Morgan fingerprint density at radius 3 is 2.68 bits per heavy atom. The van der Waals surface area contributed by atoms with Crippen molar-refractivity contribution >= 4 is 5.91 Å². The SMILES string of the molecule is COc1ccc(CC(=O)N2CCCC2O)cc1OC. The third kappa shape index (κ3) is 2.98. The highest BCUT2D eigenvalue weighted by Gasteiger charge is 2.26. The Kier molecular flexibility index (Phi) is 4.27. The van der Waals surface area contributed by atoms with Gasteiger partial charge in [0.1, 0.15) is 6.23 Å². The number of hydrogen-bond donors (Lipinski definition) is 1. The topological polar surface area (TPSA) is 59.0 Å². The molecule has 1 N–H and O–H groups in total. The highest BCUT2D eigenvalue weighted by molar-refractivity contribution is 5.79. The average molecular weight is 265 g/mol. The number of amides is 1. The van der Waals surface area contributed by atoms with Gasteiger partial charge in [-0.1, -0.05) is 6.07 Å². The summed E-state index contributed by atoms with van der Waals surface area (Å²) in [6.07, 6.45) is 1.15. The van der Waals surface area contributed by atoms with Crippen LogP contribution in [0.25, 0.3) is 0 Å². The quantitative estimate of drug-likeness (QED) is 0.888. The van der Waals surface area contributed by atoms with Gasteiger partial charge >= 0.3 is 0 Å². The molecule has 0 saturated carbocycles. The minimum absolute atomic E-state index is 0.0581. The number of benzene rings is 1. The van der Waals surface area contributed by atoms with Crippen molar-refractivity contribution in [1.29, 1.82) is 0 Å². The minimum Gasteiger partial charge on any atom is -0.493 e. The molecule has 0 bridgehead atoms. The summed E-state index contributed by atoms with van der Waals surface area (Å²) in [4.78, 5) is 13.6. The number of hydrogen-bond acceptors (Lipinski definition) is 4. The van der Waals surface area contributed by atoms with Crippen LogP contribution >= 0.6 is 0 Å². The van der Waals surface area contributed by atoms with Crippen molar-refractivity contribution in [1.82, 2.24) is 4.90 Å². The monoisotopic (exact) mass is 265 g/mol. The second-order valence-electron chi connectivity index (χ2n) is 4.58. The molecular formula is C14H19NO4. The molecule has 1 aliphatic rings. The number of ether oxygens (including phenoxy) is 2. The molecule has 5 heteroatoms. The van der Waals surface area contributed by atoms with Gasteiger partial charge in [0.05, 0.1) is 20.6 Å². The summed E-state index contributed by atoms with van der Waals surface area (Å²) in [5.41, 5.74) is 0.849. The van der Waals surface area contributed by atoms with Gasteiger partial charge in [-0.05, 0) is 30.5 Å². The van der Waals surface area contributed by atoms with Gasteiger partial charge in [0.15, 0.2) is 11.5 Å². The molecule has 104 valence electrons. The molecule has 1 aliphatic heterocycles. The van der Waals surface area contributed by atoms with Crippen molar-refractivity contribution in [3.63, 3.8) is 0 Å². The molecule has 1 heterocycles. The first-order valence-corrected chi connectivity index (χ1v) is 6.34. The lowest BCUT2D eigenvalue weighted by Gasteiger charge is -2.20. The number of nitrogens with zero attached hydrogens (tertiary/aromatic N) is 1. The number of rotatable bonds is 4. The predicted molar refractivity (Wildman–Crippen MR) is 70.2 cm³/mol. The summed E-state index contributed by atoms with van der Waals surface area (Å²) < 4.78 is 10.4. The standard InChI is InChI=1S/C14H19NO4/c1-18-11-6-5-10(8-12(11)19-2)9-14(17)15-7-3-4-13(15)16/h5-6,8,13,16H,3-4,7,9H2,1-2H3. The summed E-state index contributed by atoms with van der Waals surface area (Å²) in [6.45, 7) is 0.632. The lowest BCUT2D eigenvalue weighted by Crippen LogP contribution is -2.36. The zero-order chi connectivity index (χ0) is 13.8. The molecular weight excluding hydrogens is 246 g/mol. The van der Waals surface area contributed by atoms with Crippen molar-refractivity contribution in [2.45, 2.75) is 25.5 Å². The average Bonchev–Trinajstić information content (AvgIpc) is 2.85. The summed E-state index contributed by atoms with van der Waals surface area (Å²) in [5, 5.41) is 9.68. The van der Waals surface area contributed by atoms with Gasteiger partial charge in [-0.2, -0.15) is 0 Å². The van der Waals surface area contributed by atoms with E-state index in [2.05, 4.69) is 0 Å². The Morgan fingerprint density at radius 1 is 1.37 bits per heavy atom. The van der Waals surface area contributed by atoms with Crippen LogP contribution in [0.2, 0.25) is 0 Å². The minimum atomic E-state index is -0.632. The van der Waals surface area contributed by atoms with Crippen molar-refractivity contribution in [2.24, 2.45) is 0 Å². The molecule has 5 nitrogen and oxygen atoms in total. The number of likely N-dealkylation sites (tertiary alicyclic amines) is 1. The Morgan fingerprint density at radius 2 is 2.11 bits per heavy atom. The van der Waals surface area contributed by atoms with Gasteiger partial charge in [0.2, 0.25) is 5.91 Å². The van der Waals surface area contributed by atoms with Crippen LogP contribution in [0.4, 0.5) is 0 Å². The maximum Gasteiger partial charge on any atom is 0.229 e. The summed E-state index contributed by atoms with van der Waals surface area (Å²) in [6, 6.07) is 5.41. The summed E-state index contributed by atoms with van der Waals surface area (Å²) in [5.74, 6) is 1.19. The third-order valence-electron chi connectivity index (χ3n) is 3.34. The van der Waals surface area contributed by atoms with E-state index in [1.807, 2.05) is 6.07 Å². The Hall–Kier alpha value is -1.75. The molecule has 1 aromatic carbocycles. The fourth-order valence-corrected chi connectivity index (χ4v) is 2.31. The Labute approximate surface area is 112 Å². The lowest BCUT2D eigenvalue weighted by molar-refractivity contribution is -0.137. The van der Waals surface area contributed by atoms with Gasteiger partial charge in [0.25, 0.3) is 0 Å². The molecule has 2 rings (SSSR count). The van der Waals surface area contributed by atoms with Crippen LogP contribution in [0.3, 0.4) is 0 Å². The Balaban J connectivity index is 2.08. The van der Waals surface area contributed by atoms with E-state index in [9.17, 15) is 9.90 Å². The third-order valence-corrected chi connectivity index (χ3v) is 3.34. The van der Waals surface area contributed by atoms with Crippen LogP contribution in [-0.2, 0) is 11.2 Å². The molecule has 1 atom stereocenters. The maximum atomic E-state index is 12.1. The number of aliphatic hydroxyl groups is 1. The van der Waals surface area contributed by atoms with Crippen LogP contribution in [0, 0.1) is 0 Å². The highest BCUT2D eigenvalue weighted by atomic mass is 16.5. The van der Waals surface area contributed by atoms with Crippen LogP contribution < -0.4 is 9.47 Å². The fourth-order valence-electron chi connectivity index (χ4n) is 2.31. The lowest BCUT2D eigenvalue weighted by atomic mass is 10.1. The van der Waals surface area contributed by atoms with Crippen LogP contribution in [0.15, 0.2) is 18.2 Å². The van der Waals surface area contributed by atoms with E-state index in [0.29, 0.717) is 24.5 Å². The van der Waals surface area contributed by atoms with Crippen molar-refractivity contribution < 1.29 is 19.4 Å². The number of carbonyl (C=O) groups is 1. The molecule has 1 aromatic rings. The molecule has 0 spiro atoms. The highest BCUT2D eigenvalue weighted by Crippen LogP contribution is 2.28. The smallest absolute Gasteiger partial charge is 0.229 e. The second-order valence-corrected chi connectivity index (χ2v) is 4.58. The summed E-state index contributed by atoms with van der Waals surface area (Å²) in [7, 11) is 3.14. The van der Waals surface area contributed by atoms with Gasteiger partial charge in [0, 0.05) is 6.54 Å². The largest absolute Gasteiger partial charge is 0.493 e. The van der Waals surface area contributed by atoms with Gasteiger partial charge in [-0.3, -0.25) is 4.79 Å².